The van der Waals surface area contributed by atoms with Crippen LogP contribution in [-0.4, -0.2) is 33.7 Å². The van der Waals surface area contributed by atoms with Crippen LogP contribution in [0.4, 0.5) is 0 Å². The Kier molecular flexibility index (Phi) is 2.95. The number of rotatable bonds is 2. The van der Waals surface area contributed by atoms with Gasteiger partial charge in [0.05, 0.1) is 23.8 Å². The van der Waals surface area contributed by atoms with Crippen molar-refractivity contribution in [1.82, 2.24) is 33.7 Å². The number of hydrogen-bond donors (Lipinski definition) is 0. The Morgan fingerprint density at radius 3 is 2.54 bits per heavy atom. The highest BCUT2D eigenvalue weighted by Crippen LogP contribution is 2.16. The quantitative estimate of drug-likeness (QED) is 0.518. The third-order valence-corrected chi connectivity index (χ3v) is 3.83. The van der Waals surface area contributed by atoms with Gasteiger partial charge in [-0.05, 0) is 18.2 Å². The molecule has 4 aromatic rings. The molecule has 0 bridgehead atoms. The molecule has 0 unspecified atom stereocenters. The third kappa shape index (κ3) is 1.98. The van der Waals surface area contributed by atoms with E-state index in [1.165, 1.54) is 29.7 Å². The second kappa shape index (κ2) is 5.01. The van der Waals surface area contributed by atoms with Crippen LogP contribution < -0.4 is 11.4 Å². The fourth-order valence-corrected chi connectivity index (χ4v) is 2.58. The topological polar surface area (TPSA) is 92.5 Å². The third-order valence-electron chi connectivity index (χ3n) is 3.83. The Bertz CT molecular complexity index is 1160. The second-order valence-electron chi connectivity index (χ2n) is 5.35. The molecule has 0 spiro atoms. The molecule has 0 fully saturated rings. The van der Waals surface area contributed by atoms with E-state index in [-0.39, 0.29) is 0 Å². The second-order valence-corrected chi connectivity index (χ2v) is 5.35. The molecule has 9 heteroatoms. The zero-order chi connectivity index (χ0) is 16.8. The first kappa shape index (κ1) is 14.1. The van der Waals surface area contributed by atoms with Gasteiger partial charge in [0.25, 0.3) is 0 Å². The molecule has 4 heterocycles. The van der Waals surface area contributed by atoms with Gasteiger partial charge >= 0.3 is 11.4 Å². The minimum Gasteiger partial charge on any atom is -0.262 e. The van der Waals surface area contributed by atoms with Crippen LogP contribution in [0.15, 0.2) is 52.6 Å². The van der Waals surface area contributed by atoms with E-state index in [1.54, 1.807) is 29.3 Å². The van der Waals surface area contributed by atoms with Crippen LogP contribution in [0.25, 0.3) is 22.4 Å². The molecule has 0 aliphatic carbocycles. The van der Waals surface area contributed by atoms with Gasteiger partial charge < -0.3 is 0 Å². The molecule has 0 aromatic carbocycles. The number of hydrogen-bond acceptors (Lipinski definition) is 5. The first-order chi connectivity index (χ1) is 11.6. The lowest BCUT2D eigenvalue weighted by Gasteiger charge is -2.03. The van der Waals surface area contributed by atoms with Crippen LogP contribution in [0.1, 0.15) is 0 Å². The van der Waals surface area contributed by atoms with Crippen molar-refractivity contribution in [1.29, 1.82) is 0 Å². The molecule has 0 radical (unpaired) electrons. The van der Waals surface area contributed by atoms with Gasteiger partial charge in [0.15, 0.2) is 5.65 Å². The predicted molar refractivity (Wildman–Crippen MR) is 86.5 cm³/mol. The van der Waals surface area contributed by atoms with Crippen molar-refractivity contribution in [3.63, 3.8) is 0 Å². The van der Waals surface area contributed by atoms with E-state index in [0.717, 1.165) is 15.6 Å². The van der Waals surface area contributed by atoms with Crippen molar-refractivity contribution in [2.75, 3.05) is 0 Å². The van der Waals surface area contributed by atoms with E-state index in [1.807, 2.05) is 12.1 Å². The van der Waals surface area contributed by atoms with E-state index < -0.39 is 11.4 Å². The molecule has 0 atom stereocenters. The van der Waals surface area contributed by atoms with Crippen molar-refractivity contribution < 1.29 is 0 Å². The molecule has 0 aliphatic heterocycles. The molecule has 4 rings (SSSR count). The standard InChI is InChI=1S/C15H13N7O2/c1-19-14(23)20(2)22(15(19)24)12-6-10-9-21(18-13(10)17-8-12)11-4-3-5-16-7-11/h3-9H,1-2H3. The lowest BCUT2D eigenvalue weighted by atomic mass is 10.3. The molecular formula is C15H13N7O2. The van der Waals surface area contributed by atoms with Gasteiger partial charge in [-0.25, -0.2) is 28.5 Å². The summed E-state index contributed by atoms with van der Waals surface area (Å²) in [5.41, 5.74) is 1.02. The fourth-order valence-electron chi connectivity index (χ4n) is 2.58. The van der Waals surface area contributed by atoms with Crippen LogP contribution in [0, 0.1) is 0 Å². The van der Waals surface area contributed by atoms with Crippen molar-refractivity contribution in [2.24, 2.45) is 14.1 Å². The highest BCUT2D eigenvalue weighted by Gasteiger charge is 2.13. The van der Waals surface area contributed by atoms with E-state index >= 15 is 0 Å². The van der Waals surface area contributed by atoms with Crippen molar-refractivity contribution in [3.8, 4) is 11.4 Å². The minimum absolute atomic E-state index is 0.397. The molecular weight excluding hydrogens is 310 g/mol. The summed E-state index contributed by atoms with van der Waals surface area (Å²) >= 11 is 0. The molecule has 0 saturated carbocycles. The first-order valence-electron chi connectivity index (χ1n) is 7.17. The molecule has 0 N–H and O–H groups in total. The maximum Gasteiger partial charge on any atom is 0.351 e. The van der Waals surface area contributed by atoms with Crippen LogP contribution >= 0.6 is 0 Å². The first-order valence-corrected chi connectivity index (χ1v) is 7.17. The van der Waals surface area contributed by atoms with Crippen molar-refractivity contribution >= 4 is 11.0 Å². The Hall–Kier alpha value is -3.49. The van der Waals surface area contributed by atoms with Gasteiger partial charge in [-0.2, -0.15) is 4.68 Å². The van der Waals surface area contributed by atoms with Gasteiger partial charge in [0, 0.05) is 31.9 Å². The largest absolute Gasteiger partial charge is 0.351 e. The summed E-state index contributed by atoms with van der Waals surface area (Å²) in [5, 5.41) is 5.14. The highest BCUT2D eigenvalue weighted by atomic mass is 16.2. The fraction of sp³-hybridized carbons (Fsp3) is 0.133. The Labute approximate surface area is 135 Å². The Morgan fingerprint density at radius 2 is 1.88 bits per heavy atom. The van der Waals surface area contributed by atoms with Gasteiger partial charge in [0.2, 0.25) is 0 Å². The Morgan fingerprint density at radius 1 is 1.04 bits per heavy atom. The summed E-state index contributed by atoms with van der Waals surface area (Å²) in [6, 6.07) is 5.47. The number of aromatic nitrogens is 7. The maximum atomic E-state index is 12.2. The monoisotopic (exact) mass is 323 g/mol. The summed E-state index contributed by atoms with van der Waals surface area (Å²) in [5.74, 6) is 0. The smallest absolute Gasteiger partial charge is 0.262 e. The van der Waals surface area contributed by atoms with Gasteiger partial charge in [-0.1, -0.05) is 0 Å². The number of pyridine rings is 2. The van der Waals surface area contributed by atoms with Crippen LogP contribution in [0.2, 0.25) is 0 Å². The molecule has 120 valence electrons. The summed E-state index contributed by atoms with van der Waals surface area (Å²) in [6.45, 7) is 0. The highest BCUT2D eigenvalue weighted by molar-refractivity contribution is 5.76. The van der Waals surface area contributed by atoms with Crippen molar-refractivity contribution in [3.05, 3.63) is 64.0 Å². The maximum absolute atomic E-state index is 12.2. The minimum atomic E-state index is -0.427. The lowest BCUT2D eigenvalue weighted by Crippen LogP contribution is -2.25. The number of nitrogens with zero attached hydrogens (tertiary/aromatic N) is 7. The average molecular weight is 323 g/mol. The summed E-state index contributed by atoms with van der Waals surface area (Å²) < 4.78 is 5.23. The molecule has 4 aromatic heterocycles. The molecule has 9 nitrogen and oxygen atoms in total. The molecule has 0 aliphatic rings. The predicted octanol–water partition coefficient (Wildman–Crippen LogP) is 0.00360. The zero-order valence-electron chi connectivity index (χ0n) is 13.0. The van der Waals surface area contributed by atoms with Gasteiger partial charge in [-0.3, -0.25) is 4.98 Å². The van der Waals surface area contributed by atoms with E-state index in [2.05, 4.69) is 15.1 Å². The van der Waals surface area contributed by atoms with E-state index in [9.17, 15) is 9.59 Å². The zero-order valence-corrected chi connectivity index (χ0v) is 13.0. The normalized spacial score (nSPS) is 11.2. The molecule has 0 amide bonds. The van der Waals surface area contributed by atoms with E-state index in [0.29, 0.717) is 11.3 Å². The van der Waals surface area contributed by atoms with Gasteiger partial charge in [-0.15, -0.1) is 5.10 Å². The van der Waals surface area contributed by atoms with E-state index in [4.69, 9.17) is 0 Å². The van der Waals surface area contributed by atoms with Gasteiger partial charge in [0.1, 0.15) is 0 Å². The van der Waals surface area contributed by atoms with Crippen molar-refractivity contribution in [2.45, 2.75) is 0 Å². The molecule has 0 saturated heterocycles. The number of fused-ring (bicyclic) bond motifs is 1. The SMILES string of the molecule is Cn1c(=O)n(C)n(-c2cnc3nn(-c4cccnc4)cc3c2)c1=O. The Balaban J connectivity index is 1.90. The summed E-state index contributed by atoms with van der Waals surface area (Å²) in [7, 11) is 2.97. The van der Waals surface area contributed by atoms with Crippen LogP contribution in [-0.2, 0) is 14.1 Å². The summed E-state index contributed by atoms with van der Waals surface area (Å²) in [6.07, 6.45) is 6.70. The average Bonchev–Trinajstić information content (AvgIpc) is 3.11. The lowest BCUT2D eigenvalue weighted by molar-refractivity contribution is 0.626. The molecule has 24 heavy (non-hydrogen) atoms. The summed E-state index contributed by atoms with van der Waals surface area (Å²) in [4.78, 5) is 32.5. The van der Waals surface area contributed by atoms with Crippen LogP contribution in [0.5, 0.6) is 0 Å². The van der Waals surface area contributed by atoms with Crippen LogP contribution in [0.3, 0.4) is 0 Å².